The quantitative estimate of drug-likeness (QED) is 0.423. The van der Waals surface area contributed by atoms with Crippen LogP contribution in [0, 0.1) is 0 Å². The molecule has 0 bridgehead atoms. The third kappa shape index (κ3) is 4.56. The van der Waals surface area contributed by atoms with Gasteiger partial charge in [0.1, 0.15) is 18.0 Å². The number of likely N-dealkylation sites (N-methyl/N-ethyl adjacent to an activating group) is 2. The maximum absolute atomic E-state index is 13.2. The molecule has 9 heteroatoms. The van der Waals surface area contributed by atoms with E-state index in [0.29, 0.717) is 12.3 Å². The van der Waals surface area contributed by atoms with Gasteiger partial charge in [0.2, 0.25) is 0 Å². The molecular weight excluding hydrogens is 462 g/mol. The normalized spacial score (nSPS) is 13.7. The van der Waals surface area contributed by atoms with E-state index in [9.17, 15) is 8.42 Å². The van der Waals surface area contributed by atoms with Crippen LogP contribution in [0.4, 0.5) is 11.4 Å². The predicted molar refractivity (Wildman–Crippen MR) is 140 cm³/mol. The number of benzene rings is 2. The van der Waals surface area contributed by atoms with Crippen LogP contribution >= 0.6 is 0 Å². The van der Waals surface area contributed by atoms with Gasteiger partial charge >= 0.3 is 0 Å². The number of rotatable bonds is 7. The standard InChI is InChI=1S/C26H29N5O3S/c1-29(2)13-14-31-18-21(19-9-10-24-23(17-19)30(3)15-16-34-24)25-22(11-12-27-26(25)31)28-35(32,33)20-7-5-4-6-8-20/h4-12,17-18H,13-16H2,1-3H3,(H,27,28). The zero-order chi connectivity index (χ0) is 24.6. The van der Waals surface area contributed by atoms with Crippen molar-refractivity contribution in [2.45, 2.75) is 11.4 Å². The van der Waals surface area contributed by atoms with Gasteiger partial charge in [0.05, 0.1) is 28.2 Å². The molecule has 0 unspecified atom stereocenters. The molecule has 182 valence electrons. The summed E-state index contributed by atoms with van der Waals surface area (Å²) in [5.74, 6) is 0.849. The molecule has 0 spiro atoms. The lowest BCUT2D eigenvalue weighted by Crippen LogP contribution is -2.28. The van der Waals surface area contributed by atoms with Crippen LogP contribution < -0.4 is 14.4 Å². The number of nitrogens with one attached hydrogen (secondary N) is 1. The third-order valence-electron chi connectivity index (χ3n) is 6.21. The smallest absolute Gasteiger partial charge is 0.261 e. The number of aromatic nitrogens is 2. The van der Waals surface area contributed by atoms with Crippen molar-refractivity contribution in [2.75, 3.05) is 50.5 Å². The molecule has 0 saturated carbocycles. The van der Waals surface area contributed by atoms with Crippen molar-refractivity contribution < 1.29 is 13.2 Å². The van der Waals surface area contributed by atoms with Crippen molar-refractivity contribution in [3.63, 3.8) is 0 Å². The summed E-state index contributed by atoms with van der Waals surface area (Å²) in [6.45, 7) is 3.01. The van der Waals surface area contributed by atoms with Gasteiger partial charge in [0.15, 0.2) is 0 Å². The highest BCUT2D eigenvalue weighted by atomic mass is 32.2. The first-order chi connectivity index (χ1) is 16.8. The molecule has 0 aliphatic carbocycles. The Balaban J connectivity index is 1.66. The van der Waals surface area contributed by atoms with Crippen LogP contribution in [0.5, 0.6) is 5.75 Å². The molecule has 8 nitrogen and oxygen atoms in total. The van der Waals surface area contributed by atoms with E-state index in [-0.39, 0.29) is 4.90 Å². The van der Waals surface area contributed by atoms with Crippen LogP contribution in [0.2, 0.25) is 0 Å². The zero-order valence-corrected chi connectivity index (χ0v) is 20.9. The number of nitrogens with zero attached hydrogens (tertiary/aromatic N) is 4. The van der Waals surface area contributed by atoms with Crippen molar-refractivity contribution in [1.82, 2.24) is 14.5 Å². The fourth-order valence-electron chi connectivity index (χ4n) is 4.32. The summed E-state index contributed by atoms with van der Waals surface area (Å²) in [6, 6.07) is 16.2. The van der Waals surface area contributed by atoms with E-state index >= 15 is 0 Å². The van der Waals surface area contributed by atoms with Gasteiger partial charge in [0.25, 0.3) is 10.0 Å². The van der Waals surface area contributed by atoms with E-state index in [0.717, 1.165) is 53.2 Å². The zero-order valence-electron chi connectivity index (χ0n) is 20.1. The Morgan fingerprint density at radius 3 is 2.69 bits per heavy atom. The highest BCUT2D eigenvalue weighted by Crippen LogP contribution is 2.40. The highest BCUT2D eigenvalue weighted by molar-refractivity contribution is 7.92. The lowest BCUT2D eigenvalue weighted by atomic mass is 10.0. The van der Waals surface area contributed by atoms with Crippen molar-refractivity contribution >= 4 is 32.4 Å². The van der Waals surface area contributed by atoms with Gasteiger partial charge in [-0.3, -0.25) is 4.72 Å². The van der Waals surface area contributed by atoms with E-state index in [1.807, 2.05) is 33.3 Å². The van der Waals surface area contributed by atoms with Crippen LogP contribution in [0.3, 0.4) is 0 Å². The Bertz CT molecular complexity index is 1470. The minimum atomic E-state index is -3.77. The van der Waals surface area contributed by atoms with Gasteiger partial charge in [0, 0.05) is 38.1 Å². The first-order valence-electron chi connectivity index (χ1n) is 11.5. The molecule has 4 aromatic rings. The maximum Gasteiger partial charge on any atom is 0.261 e. The van der Waals surface area contributed by atoms with Gasteiger partial charge in [-0.05, 0) is 50.0 Å². The summed E-state index contributed by atoms with van der Waals surface area (Å²) >= 11 is 0. The molecule has 0 fully saturated rings. The molecule has 0 radical (unpaired) electrons. The number of sulfonamides is 1. The van der Waals surface area contributed by atoms with Crippen molar-refractivity contribution in [2.24, 2.45) is 0 Å². The lowest BCUT2D eigenvalue weighted by molar-refractivity contribution is 0.311. The topological polar surface area (TPSA) is 79.7 Å². The second kappa shape index (κ2) is 9.24. The van der Waals surface area contributed by atoms with Crippen LogP contribution in [0.25, 0.3) is 22.2 Å². The second-order valence-electron chi connectivity index (χ2n) is 8.97. The third-order valence-corrected chi connectivity index (χ3v) is 7.59. The van der Waals surface area contributed by atoms with E-state index in [2.05, 4.69) is 36.3 Å². The molecule has 1 aliphatic rings. The molecule has 0 atom stereocenters. The van der Waals surface area contributed by atoms with Crippen molar-refractivity contribution in [3.8, 4) is 16.9 Å². The Morgan fingerprint density at radius 2 is 1.91 bits per heavy atom. The Morgan fingerprint density at radius 1 is 1.11 bits per heavy atom. The van der Waals surface area contributed by atoms with E-state index < -0.39 is 10.0 Å². The van der Waals surface area contributed by atoms with Crippen LogP contribution in [-0.4, -0.2) is 63.7 Å². The Kier molecular flexibility index (Phi) is 6.12. The maximum atomic E-state index is 13.2. The largest absolute Gasteiger partial charge is 0.490 e. The molecule has 1 aliphatic heterocycles. The van der Waals surface area contributed by atoms with Gasteiger partial charge < -0.3 is 19.1 Å². The predicted octanol–water partition coefficient (Wildman–Crippen LogP) is 3.89. The van der Waals surface area contributed by atoms with Crippen LogP contribution in [-0.2, 0) is 16.6 Å². The SMILES string of the molecule is CN(C)CCn1cc(-c2ccc3c(c2)N(C)CCO3)c2c(NS(=O)(=O)c3ccccc3)ccnc21. The number of pyridine rings is 1. The minimum absolute atomic E-state index is 0.214. The summed E-state index contributed by atoms with van der Waals surface area (Å²) in [5, 5.41) is 0.769. The number of hydrogen-bond donors (Lipinski definition) is 1. The lowest BCUT2D eigenvalue weighted by Gasteiger charge is -2.28. The highest BCUT2D eigenvalue weighted by Gasteiger charge is 2.22. The van der Waals surface area contributed by atoms with Gasteiger partial charge in [-0.15, -0.1) is 0 Å². The summed E-state index contributed by atoms with van der Waals surface area (Å²) in [5.41, 5.74) is 4.14. The molecule has 0 saturated heterocycles. The van der Waals surface area contributed by atoms with E-state index in [1.54, 1.807) is 42.6 Å². The first kappa shape index (κ1) is 23.2. The van der Waals surface area contributed by atoms with E-state index in [4.69, 9.17) is 4.74 Å². The molecule has 2 aromatic heterocycles. The summed E-state index contributed by atoms with van der Waals surface area (Å²) in [4.78, 5) is 9.14. The average Bonchev–Trinajstić information content (AvgIpc) is 3.23. The molecular formula is C26H29N5O3S. The monoisotopic (exact) mass is 491 g/mol. The van der Waals surface area contributed by atoms with Gasteiger partial charge in [-0.1, -0.05) is 24.3 Å². The van der Waals surface area contributed by atoms with Crippen molar-refractivity contribution in [1.29, 1.82) is 0 Å². The number of ether oxygens (including phenoxy) is 1. The molecule has 3 heterocycles. The molecule has 0 amide bonds. The molecule has 5 rings (SSSR count). The number of fused-ring (bicyclic) bond motifs is 2. The molecule has 2 aromatic carbocycles. The Labute approximate surface area is 205 Å². The van der Waals surface area contributed by atoms with Crippen LogP contribution in [0.1, 0.15) is 0 Å². The molecule has 1 N–H and O–H groups in total. The summed E-state index contributed by atoms with van der Waals surface area (Å²) in [7, 11) is 2.33. The Hall–Kier alpha value is -3.56. The summed E-state index contributed by atoms with van der Waals surface area (Å²) < 4.78 is 37.1. The minimum Gasteiger partial charge on any atom is -0.490 e. The van der Waals surface area contributed by atoms with Crippen molar-refractivity contribution in [3.05, 3.63) is 67.0 Å². The fourth-order valence-corrected chi connectivity index (χ4v) is 5.41. The summed E-state index contributed by atoms with van der Waals surface area (Å²) in [6.07, 6.45) is 3.71. The number of anilines is 2. The van der Waals surface area contributed by atoms with Crippen LogP contribution in [0.15, 0.2) is 71.9 Å². The first-order valence-corrected chi connectivity index (χ1v) is 13.0. The second-order valence-corrected chi connectivity index (χ2v) is 10.7. The number of hydrogen-bond acceptors (Lipinski definition) is 6. The van der Waals surface area contributed by atoms with Gasteiger partial charge in [-0.2, -0.15) is 0 Å². The fraction of sp³-hybridized carbons (Fsp3) is 0.269. The average molecular weight is 492 g/mol. The van der Waals surface area contributed by atoms with Gasteiger partial charge in [-0.25, -0.2) is 13.4 Å². The molecule has 35 heavy (non-hydrogen) atoms. The van der Waals surface area contributed by atoms with E-state index in [1.165, 1.54) is 0 Å².